The number of aromatic amines is 1. The summed E-state index contributed by atoms with van der Waals surface area (Å²) in [5.41, 5.74) is 1.64. The van der Waals surface area contributed by atoms with E-state index in [1.54, 1.807) is 24.0 Å². The smallest absolute Gasteiger partial charge is 0.346 e. The Morgan fingerprint density at radius 2 is 2.00 bits per heavy atom. The largest absolute Gasteiger partial charge is 0.466 e. The third-order valence-corrected chi connectivity index (χ3v) is 6.58. The molecule has 0 spiro atoms. The molecule has 31 heavy (non-hydrogen) atoms. The van der Waals surface area contributed by atoms with E-state index >= 15 is 0 Å². The molecule has 4 N–H and O–H groups in total. The van der Waals surface area contributed by atoms with E-state index in [4.69, 9.17) is 19.2 Å². The Balaban J connectivity index is 0.000000491. The van der Waals surface area contributed by atoms with Crippen molar-refractivity contribution in [1.29, 1.82) is 5.26 Å². The zero-order chi connectivity index (χ0) is 22.9. The number of nitrogens with zero attached hydrogens (tertiary/aromatic N) is 6. The number of phosphoric acid groups is 1. The van der Waals surface area contributed by atoms with Crippen LogP contribution in [0.25, 0.3) is 22.3 Å². The number of rotatable bonds is 5. The highest BCUT2D eigenvalue weighted by Gasteiger charge is 2.49. The summed E-state index contributed by atoms with van der Waals surface area (Å²) in [6.07, 6.45) is 6.97. The maximum Gasteiger partial charge on any atom is 0.466 e. The van der Waals surface area contributed by atoms with Crippen molar-refractivity contribution < 1.29 is 27.7 Å². The Kier molecular flexibility index (Phi) is 6.28. The number of nitriles is 1. The van der Waals surface area contributed by atoms with Gasteiger partial charge in [0, 0.05) is 36.4 Å². The van der Waals surface area contributed by atoms with Crippen molar-refractivity contribution in [2.45, 2.75) is 18.9 Å². The van der Waals surface area contributed by atoms with Gasteiger partial charge in [-0.25, -0.2) is 23.0 Å². The van der Waals surface area contributed by atoms with E-state index in [2.05, 4.69) is 26.1 Å². The molecule has 1 aliphatic rings. The first-order chi connectivity index (χ1) is 14.5. The van der Waals surface area contributed by atoms with Gasteiger partial charge < -0.3 is 19.7 Å². The van der Waals surface area contributed by atoms with Crippen molar-refractivity contribution in [2.24, 2.45) is 0 Å². The molecule has 166 valence electrons. The zero-order valence-electron chi connectivity index (χ0n) is 16.3. The highest BCUT2D eigenvalue weighted by atomic mass is 32.2. The number of hydrogen-bond donors (Lipinski definition) is 4. The SMILES string of the molecule is CCS(=O)(=O)N1CC(CC#N)(n2cc(-c3ncnc4[nH]ccc34)cn2)C1.O=P(O)(O)O. The Hall–Kier alpha value is -2.66. The first kappa shape index (κ1) is 23.0. The Bertz CT molecular complexity index is 1260. The van der Waals surface area contributed by atoms with Crippen LogP contribution in [0.2, 0.25) is 0 Å². The van der Waals surface area contributed by atoms with Gasteiger partial charge in [0.2, 0.25) is 10.0 Å². The molecule has 1 fully saturated rings. The van der Waals surface area contributed by atoms with Gasteiger partial charge in [-0.15, -0.1) is 0 Å². The van der Waals surface area contributed by atoms with Gasteiger partial charge in [-0.1, -0.05) is 0 Å². The molecule has 0 radical (unpaired) electrons. The van der Waals surface area contributed by atoms with Crippen LogP contribution in [0, 0.1) is 11.3 Å². The van der Waals surface area contributed by atoms with E-state index in [1.807, 2.05) is 12.3 Å². The molecule has 13 nitrogen and oxygen atoms in total. The van der Waals surface area contributed by atoms with Crippen molar-refractivity contribution in [3.05, 3.63) is 31.0 Å². The van der Waals surface area contributed by atoms with E-state index in [1.165, 1.54) is 10.6 Å². The summed E-state index contributed by atoms with van der Waals surface area (Å²) in [4.78, 5) is 33.1. The summed E-state index contributed by atoms with van der Waals surface area (Å²) in [5.74, 6) is 0.0480. The molecule has 4 rings (SSSR count). The maximum absolute atomic E-state index is 12.0. The summed E-state index contributed by atoms with van der Waals surface area (Å²) in [5, 5.41) is 14.5. The van der Waals surface area contributed by atoms with Gasteiger partial charge in [0.15, 0.2) is 0 Å². The highest BCUT2D eigenvalue weighted by Crippen LogP contribution is 2.35. The van der Waals surface area contributed by atoms with E-state index in [0.717, 1.165) is 22.3 Å². The van der Waals surface area contributed by atoms with Crippen molar-refractivity contribution >= 4 is 28.9 Å². The molecule has 0 amide bonds. The molecule has 0 aromatic carbocycles. The number of aromatic nitrogens is 5. The first-order valence-corrected chi connectivity index (χ1v) is 12.1. The minimum absolute atomic E-state index is 0.0480. The lowest BCUT2D eigenvalue weighted by atomic mass is 9.89. The molecule has 4 heterocycles. The third-order valence-electron chi connectivity index (χ3n) is 4.80. The summed E-state index contributed by atoms with van der Waals surface area (Å²) >= 11 is 0. The fraction of sp³-hybridized carbons (Fsp3) is 0.375. The van der Waals surface area contributed by atoms with Gasteiger partial charge in [-0.2, -0.15) is 14.7 Å². The van der Waals surface area contributed by atoms with Crippen molar-refractivity contribution in [3.8, 4) is 17.3 Å². The van der Waals surface area contributed by atoms with Gasteiger partial charge in [0.25, 0.3) is 0 Å². The first-order valence-electron chi connectivity index (χ1n) is 8.96. The third kappa shape index (κ3) is 4.99. The average Bonchev–Trinajstić information content (AvgIpc) is 3.32. The van der Waals surface area contributed by atoms with E-state index < -0.39 is 23.4 Å². The van der Waals surface area contributed by atoms with Gasteiger partial charge >= 0.3 is 7.82 Å². The van der Waals surface area contributed by atoms with E-state index in [-0.39, 0.29) is 25.3 Å². The van der Waals surface area contributed by atoms with Crippen LogP contribution < -0.4 is 0 Å². The van der Waals surface area contributed by atoms with Crippen LogP contribution in [0.3, 0.4) is 0 Å². The molecule has 0 atom stereocenters. The Morgan fingerprint density at radius 3 is 2.61 bits per heavy atom. The zero-order valence-corrected chi connectivity index (χ0v) is 18.0. The van der Waals surface area contributed by atoms with E-state index in [0.29, 0.717) is 0 Å². The monoisotopic (exact) mass is 469 g/mol. The molecule has 0 aliphatic carbocycles. The van der Waals surface area contributed by atoms with Crippen molar-refractivity contribution in [1.82, 2.24) is 29.0 Å². The second-order valence-electron chi connectivity index (χ2n) is 6.88. The van der Waals surface area contributed by atoms with Crippen molar-refractivity contribution in [2.75, 3.05) is 18.8 Å². The van der Waals surface area contributed by atoms with Crippen LogP contribution in [0.15, 0.2) is 31.0 Å². The number of fused-ring (bicyclic) bond motifs is 1. The Labute approximate surface area is 177 Å². The second kappa shape index (κ2) is 8.46. The summed E-state index contributed by atoms with van der Waals surface area (Å²) < 4.78 is 36.1. The molecule has 0 saturated carbocycles. The van der Waals surface area contributed by atoms with Crippen LogP contribution in [0.5, 0.6) is 0 Å². The number of sulfonamides is 1. The van der Waals surface area contributed by atoms with E-state index in [9.17, 15) is 13.7 Å². The summed E-state index contributed by atoms with van der Waals surface area (Å²) in [7, 11) is -7.91. The number of hydrogen-bond acceptors (Lipinski definition) is 7. The fourth-order valence-electron chi connectivity index (χ4n) is 3.28. The molecular weight excluding hydrogens is 449 g/mol. The highest BCUT2D eigenvalue weighted by molar-refractivity contribution is 7.89. The molecule has 0 unspecified atom stereocenters. The van der Waals surface area contributed by atoms with Crippen molar-refractivity contribution in [3.63, 3.8) is 0 Å². The van der Waals surface area contributed by atoms with Crippen LogP contribution >= 0.6 is 7.82 Å². The van der Waals surface area contributed by atoms with Crippen LogP contribution in [0.4, 0.5) is 0 Å². The topological polar surface area (TPSA) is 198 Å². The molecule has 0 bridgehead atoms. The minimum Gasteiger partial charge on any atom is -0.346 e. The lowest BCUT2D eigenvalue weighted by molar-refractivity contribution is 0.0719. The molecule has 1 aliphatic heterocycles. The average molecular weight is 469 g/mol. The molecule has 15 heteroatoms. The number of H-pyrrole nitrogens is 1. The molecular formula is C16H20N7O6PS. The van der Waals surface area contributed by atoms with Gasteiger partial charge in [0.05, 0.1) is 30.1 Å². The lowest BCUT2D eigenvalue weighted by Gasteiger charge is -2.47. The van der Waals surface area contributed by atoms with Crippen LogP contribution in [0.1, 0.15) is 13.3 Å². The second-order valence-corrected chi connectivity index (χ2v) is 10.2. The number of nitrogens with one attached hydrogen (secondary N) is 1. The standard InChI is InChI=1S/C16H17N7O2S.H3O4P/c1-2-26(24,25)22-9-16(10-22,4-5-17)23-8-12(7-21-23)14-13-3-6-18-15(13)20-11-19-14;1-5(2,3)4/h3,6-8,11H,2,4,9-10H2,1H3,(H,18,19,20);(H3,1,2,3,4). The lowest BCUT2D eigenvalue weighted by Crippen LogP contribution is -2.64. The maximum atomic E-state index is 12.0. The van der Waals surface area contributed by atoms with Gasteiger partial charge in [0.1, 0.15) is 17.5 Å². The molecule has 3 aromatic heterocycles. The van der Waals surface area contributed by atoms with Gasteiger partial charge in [-0.05, 0) is 13.0 Å². The summed E-state index contributed by atoms with van der Waals surface area (Å²) in [6.45, 7) is 2.12. The normalized spacial score (nSPS) is 16.2. The van der Waals surface area contributed by atoms with Crippen LogP contribution in [-0.2, 0) is 20.1 Å². The molecule has 1 saturated heterocycles. The minimum atomic E-state index is -4.64. The van der Waals surface area contributed by atoms with Crippen LogP contribution in [-0.4, -0.2) is 71.0 Å². The fourth-order valence-corrected chi connectivity index (χ4v) is 4.52. The quantitative estimate of drug-likeness (QED) is 0.373. The summed E-state index contributed by atoms with van der Waals surface area (Å²) in [6, 6.07) is 4.06. The molecule has 3 aromatic rings. The predicted molar refractivity (Wildman–Crippen MR) is 109 cm³/mol. The predicted octanol–water partition coefficient (Wildman–Crippen LogP) is 0.167. The van der Waals surface area contributed by atoms with Gasteiger partial charge in [-0.3, -0.25) is 4.68 Å². The Morgan fingerprint density at radius 1 is 1.32 bits per heavy atom.